The van der Waals surface area contributed by atoms with Gasteiger partial charge in [-0.25, -0.2) is 0 Å². The molecule has 1 saturated heterocycles. The molecule has 1 aromatic rings. The van der Waals surface area contributed by atoms with Crippen molar-refractivity contribution in [2.24, 2.45) is 5.92 Å². The van der Waals surface area contributed by atoms with Gasteiger partial charge in [0.25, 0.3) is 0 Å². The van der Waals surface area contributed by atoms with E-state index in [9.17, 15) is 13.2 Å². The summed E-state index contributed by atoms with van der Waals surface area (Å²) in [6.45, 7) is 1.30. The summed E-state index contributed by atoms with van der Waals surface area (Å²) >= 11 is 0. The van der Waals surface area contributed by atoms with Crippen molar-refractivity contribution in [2.75, 3.05) is 13.2 Å². The molecular formula is C16H19F3O2. The van der Waals surface area contributed by atoms with Gasteiger partial charge < -0.3 is 9.47 Å². The highest BCUT2D eigenvalue weighted by molar-refractivity contribution is 5.26. The fourth-order valence-corrected chi connectivity index (χ4v) is 3.32. The molecule has 5 heteroatoms. The van der Waals surface area contributed by atoms with Gasteiger partial charge in [0.1, 0.15) is 0 Å². The molecule has 3 rings (SSSR count). The van der Waals surface area contributed by atoms with Gasteiger partial charge in [0.15, 0.2) is 5.79 Å². The van der Waals surface area contributed by atoms with E-state index < -0.39 is 17.5 Å². The lowest BCUT2D eigenvalue weighted by atomic mass is 9.81. The van der Waals surface area contributed by atoms with Crippen LogP contribution in [0, 0.1) is 5.92 Å². The predicted molar refractivity (Wildman–Crippen MR) is 71.7 cm³/mol. The highest BCUT2D eigenvalue weighted by Gasteiger charge is 2.40. The lowest BCUT2D eigenvalue weighted by Crippen LogP contribution is -2.35. The topological polar surface area (TPSA) is 18.5 Å². The van der Waals surface area contributed by atoms with Crippen LogP contribution in [0.5, 0.6) is 0 Å². The summed E-state index contributed by atoms with van der Waals surface area (Å²) in [4.78, 5) is 0. The van der Waals surface area contributed by atoms with Crippen LogP contribution in [-0.4, -0.2) is 19.0 Å². The maximum absolute atomic E-state index is 12.7. The molecule has 1 aliphatic carbocycles. The van der Waals surface area contributed by atoms with Crippen molar-refractivity contribution in [2.45, 2.75) is 44.1 Å². The minimum atomic E-state index is -4.27. The van der Waals surface area contributed by atoms with Gasteiger partial charge in [0.05, 0.1) is 18.8 Å². The van der Waals surface area contributed by atoms with Gasteiger partial charge in [0.2, 0.25) is 0 Å². The SMILES string of the molecule is FC(F)(F)c1cccc(CC2CCC3(CC2)OCCO3)c1. The normalized spacial score (nSPS) is 22.8. The molecule has 1 saturated carbocycles. The minimum Gasteiger partial charge on any atom is -0.348 e. The number of alkyl halides is 3. The summed E-state index contributed by atoms with van der Waals surface area (Å²) in [6.07, 6.45) is -0.00208. The number of hydrogen-bond acceptors (Lipinski definition) is 2. The fourth-order valence-electron chi connectivity index (χ4n) is 3.32. The molecule has 2 fully saturated rings. The maximum Gasteiger partial charge on any atom is 0.416 e. The van der Waals surface area contributed by atoms with E-state index in [1.54, 1.807) is 6.07 Å². The molecule has 116 valence electrons. The Kier molecular flexibility index (Phi) is 3.97. The Morgan fingerprint density at radius 2 is 1.76 bits per heavy atom. The quantitative estimate of drug-likeness (QED) is 0.815. The second-order valence-electron chi connectivity index (χ2n) is 5.95. The van der Waals surface area contributed by atoms with Gasteiger partial charge in [-0.2, -0.15) is 13.2 Å². The molecule has 0 bridgehead atoms. The standard InChI is InChI=1S/C16H19F3O2/c17-16(18,19)14-3-1-2-13(11-14)10-12-4-6-15(7-5-12)20-8-9-21-15/h1-3,11-12H,4-10H2. The molecule has 0 amide bonds. The number of halogens is 3. The molecule has 21 heavy (non-hydrogen) atoms. The van der Waals surface area contributed by atoms with Crippen LogP contribution in [0.15, 0.2) is 24.3 Å². The first-order chi connectivity index (χ1) is 9.97. The molecule has 2 aliphatic rings. The molecule has 1 heterocycles. The van der Waals surface area contributed by atoms with Gasteiger partial charge in [-0.15, -0.1) is 0 Å². The Labute approximate surface area is 122 Å². The lowest BCUT2D eigenvalue weighted by Gasteiger charge is -2.35. The van der Waals surface area contributed by atoms with Crippen LogP contribution in [0.25, 0.3) is 0 Å². The molecule has 1 spiro atoms. The molecule has 1 aromatic carbocycles. The first-order valence-electron chi connectivity index (χ1n) is 7.41. The summed E-state index contributed by atoms with van der Waals surface area (Å²) in [6, 6.07) is 5.67. The molecule has 2 nitrogen and oxygen atoms in total. The number of hydrogen-bond donors (Lipinski definition) is 0. The molecule has 0 N–H and O–H groups in total. The summed E-state index contributed by atoms with van der Waals surface area (Å²) in [5.74, 6) is 0.0107. The monoisotopic (exact) mass is 300 g/mol. The van der Waals surface area contributed by atoms with Crippen LogP contribution in [0.3, 0.4) is 0 Å². The van der Waals surface area contributed by atoms with Crippen molar-refractivity contribution in [3.05, 3.63) is 35.4 Å². The highest BCUT2D eigenvalue weighted by Crippen LogP contribution is 2.39. The largest absolute Gasteiger partial charge is 0.416 e. The summed E-state index contributed by atoms with van der Waals surface area (Å²) < 4.78 is 49.5. The zero-order valence-electron chi connectivity index (χ0n) is 11.8. The first-order valence-corrected chi connectivity index (χ1v) is 7.41. The Hall–Kier alpha value is -1.07. The third-order valence-corrected chi connectivity index (χ3v) is 4.46. The summed E-state index contributed by atoms with van der Waals surface area (Å²) in [5, 5.41) is 0. The van der Waals surface area contributed by atoms with E-state index in [1.807, 2.05) is 0 Å². The Balaban J connectivity index is 1.60. The van der Waals surface area contributed by atoms with E-state index in [0.29, 0.717) is 25.6 Å². The molecule has 0 unspecified atom stereocenters. The van der Waals surface area contributed by atoms with E-state index in [1.165, 1.54) is 12.1 Å². The second-order valence-corrected chi connectivity index (χ2v) is 5.95. The molecule has 0 atom stereocenters. The van der Waals surface area contributed by atoms with Gasteiger partial charge in [-0.05, 0) is 36.8 Å². The molecular weight excluding hydrogens is 281 g/mol. The van der Waals surface area contributed by atoms with Crippen molar-refractivity contribution in [1.82, 2.24) is 0 Å². The number of rotatable bonds is 2. The summed E-state index contributed by atoms with van der Waals surface area (Å²) in [5.41, 5.74) is 0.203. The van der Waals surface area contributed by atoms with E-state index in [-0.39, 0.29) is 0 Å². The second kappa shape index (κ2) is 5.61. The van der Waals surface area contributed by atoms with Crippen molar-refractivity contribution < 1.29 is 22.6 Å². The smallest absolute Gasteiger partial charge is 0.348 e. The number of ether oxygens (including phenoxy) is 2. The number of benzene rings is 1. The Morgan fingerprint density at radius 3 is 2.38 bits per heavy atom. The lowest BCUT2D eigenvalue weighted by molar-refractivity contribution is -0.182. The van der Waals surface area contributed by atoms with Crippen LogP contribution in [0.2, 0.25) is 0 Å². The van der Waals surface area contributed by atoms with Gasteiger partial charge in [-0.3, -0.25) is 0 Å². The van der Waals surface area contributed by atoms with Crippen molar-refractivity contribution in [1.29, 1.82) is 0 Å². The average Bonchev–Trinajstić information content (AvgIpc) is 2.90. The first kappa shape index (κ1) is 14.9. The van der Waals surface area contributed by atoms with Crippen LogP contribution < -0.4 is 0 Å². The van der Waals surface area contributed by atoms with Crippen LogP contribution >= 0.6 is 0 Å². The average molecular weight is 300 g/mol. The molecule has 0 radical (unpaired) electrons. The molecule has 1 aliphatic heterocycles. The van der Waals surface area contributed by atoms with E-state index >= 15 is 0 Å². The van der Waals surface area contributed by atoms with Crippen molar-refractivity contribution in [3.8, 4) is 0 Å². The minimum absolute atomic E-state index is 0.398. The van der Waals surface area contributed by atoms with Gasteiger partial charge in [-0.1, -0.05) is 18.2 Å². The van der Waals surface area contributed by atoms with E-state index in [0.717, 1.165) is 37.3 Å². The van der Waals surface area contributed by atoms with Crippen molar-refractivity contribution >= 4 is 0 Å². The fraction of sp³-hybridized carbons (Fsp3) is 0.625. The van der Waals surface area contributed by atoms with Crippen LogP contribution in [0.4, 0.5) is 13.2 Å². The third-order valence-electron chi connectivity index (χ3n) is 4.46. The predicted octanol–water partition coefficient (Wildman–Crippen LogP) is 4.18. The van der Waals surface area contributed by atoms with E-state index in [2.05, 4.69) is 0 Å². The Morgan fingerprint density at radius 1 is 1.10 bits per heavy atom. The zero-order chi connectivity index (χ0) is 14.9. The van der Waals surface area contributed by atoms with Gasteiger partial charge >= 0.3 is 6.18 Å². The maximum atomic E-state index is 12.7. The van der Waals surface area contributed by atoms with Gasteiger partial charge in [0, 0.05) is 12.8 Å². The summed E-state index contributed by atoms with van der Waals surface area (Å²) in [7, 11) is 0. The third kappa shape index (κ3) is 3.40. The van der Waals surface area contributed by atoms with Crippen LogP contribution in [0.1, 0.15) is 36.8 Å². The van der Waals surface area contributed by atoms with Crippen molar-refractivity contribution in [3.63, 3.8) is 0 Å². The zero-order valence-corrected chi connectivity index (χ0v) is 11.8. The molecule has 0 aromatic heterocycles. The van der Waals surface area contributed by atoms with E-state index in [4.69, 9.17) is 9.47 Å². The highest BCUT2D eigenvalue weighted by atomic mass is 19.4. The Bertz CT molecular complexity index is 483. The van der Waals surface area contributed by atoms with Crippen LogP contribution in [-0.2, 0) is 22.1 Å².